The van der Waals surface area contributed by atoms with Crippen molar-refractivity contribution in [1.29, 1.82) is 0 Å². The number of aromatic nitrogens is 4. The van der Waals surface area contributed by atoms with Crippen LogP contribution in [0.4, 0.5) is 8.78 Å². The number of methoxy groups -OCH3 is 1. The van der Waals surface area contributed by atoms with E-state index in [0.29, 0.717) is 48.0 Å². The van der Waals surface area contributed by atoms with E-state index in [-0.39, 0.29) is 52.7 Å². The number of hydrogen-bond donors (Lipinski definition) is 1. The Morgan fingerprint density at radius 3 is 2.63 bits per heavy atom. The minimum absolute atomic E-state index is 0.0313. The van der Waals surface area contributed by atoms with Gasteiger partial charge in [0.1, 0.15) is 11.6 Å². The summed E-state index contributed by atoms with van der Waals surface area (Å²) in [6, 6.07) is 15.1. The molecule has 6 rings (SSSR count). The summed E-state index contributed by atoms with van der Waals surface area (Å²) in [4.78, 5) is 20.2. The lowest BCUT2D eigenvalue weighted by atomic mass is 9.75. The number of carbonyl (C=O) groups excluding carboxylic acids is 1. The average Bonchev–Trinajstić information content (AvgIpc) is 3.70. The van der Waals surface area contributed by atoms with Gasteiger partial charge in [-0.3, -0.25) is 4.79 Å². The number of hydrogen-bond acceptors (Lipinski definition) is 7. The number of nitrogens with one attached hydrogen (secondary N) is 1. The van der Waals surface area contributed by atoms with Crippen LogP contribution in [0.15, 0.2) is 60.8 Å². The van der Waals surface area contributed by atoms with E-state index in [1.165, 1.54) is 36.1 Å². The molecule has 1 unspecified atom stereocenters. The summed E-state index contributed by atoms with van der Waals surface area (Å²) < 4.78 is 71.3. The Bertz CT molecular complexity index is 2210. The van der Waals surface area contributed by atoms with Gasteiger partial charge in [-0.25, -0.2) is 26.9 Å². The van der Waals surface area contributed by atoms with E-state index >= 15 is 8.78 Å². The van der Waals surface area contributed by atoms with Gasteiger partial charge in [-0.1, -0.05) is 51.5 Å². The Morgan fingerprint density at radius 2 is 1.86 bits per heavy atom. The predicted molar refractivity (Wildman–Crippen MR) is 192 cm³/mol. The Morgan fingerprint density at radius 1 is 1.08 bits per heavy atom. The number of esters is 1. The Kier molecular flexibility index (Phi) is 9.84. The monoisotopic (exact) mass is 718 g/mol. The highest BCUT2D eigenvalue weighted by Gasteiger charge is 2.36. The van der Waals surface area contributed by atoms with Crippen molar-refractivity contribution >= 4 is 26.7 Å². The molecule has 0 amide bonds. The average molecular weight is 719 g/mol. The van der Waals surface area contributed by atoms with Gasteiger partial charge in [0.15, 0.2) is 33.1 Å². The Labute approximate surface area is 297 Å². The highest BCUT2D eigenvalue weighted by atomic mass is 32.2. The lowest BCUT2D eigenvalue weighted by Gasteiger charge is -2.31. The summed E-state index contributed by atoms with van der Waals surface area (Å²) >= 11 is 0. The fourth-order valence-corrected chi connectivity index (χ4v) is 9.27. The van der Waals surface area contributed by atoms with Crippen molar-refractivity contribution in [2.24, 2.45) is 18.4 Å². The number of aromatic amines is 1. The maximum atomic E-state index is 15.7. The van der Waals surface area contributed by atoms with Crippen molar-refractivity contribution < 1.29 is 31.5 Å². The molecular formula is C39H44F2N4O5S. The first-order chi connectivity index (χ1) is 24.1. The first kappa shape index (κ1) is 36.2. The molecule has 1 N–H and O–H groups in total. The molecule has 5 aromatic rings. The van der Waals surface area contributed by atoms with Crippen LogP contribution >= 0.6 is 0 Å². The van der Waals surface area contributed by atoms with Gasteiger partial charge in [-0.15, -0.1) is 0 Å². The Hall–Kier alpha value is -4.58. The molecule has 9 nitrogen and oxygen atoms in total. The summed E-state index contributed by atoms with van der Waals surface area (Å²) in [7, 11) is -0.518. The Balaban J connectivity index is 1.49. The quantitative estimate of drug-likeness (QED) is 0.188. The van der Waals surface area contributed by atoms with E-state index in [4.69, 9.17) is 19.6 Å². The number of fused-ring (bicyclic) bond motifs is 8. The van der Waals surface area contributed by atoms with Crippen LogP contribution in [-0.4, -0.2) is 52.8 Å². The first-order valence-electron chi connectivity index (χ1n) is 17.1. The van der Waals surface area contributed by atoms with Gasteiger partial charge in [-0.2, -0.15) is 5.10 Å². The molecule has 51 heavy (non-hydrogen) atoms. The number of H-pyrrole nitrogens is 1. The molecule has 0 radical (unpaired) electrons. The van der Waals surface area contributed by atoms with Crippen LogP contribution in [-0.2, 0) is 44.7 Å². The number of carbonyl (C=O) groups is 1. The molecule has 0 spiro atoms. The number of halogens is 2. The van der Waals surface area contributed by atoms with Gasteiger partial charge in [0, 0.05) is 35.8 Å². The highest BCUT2D eigenvalue weighted by molar-refractivity contribution is 7.91. The minimum atomic E-state index is -3.59. The molecule has 3 heterocycles. The second-order valence-electron chi connectivity index (χ2n) is 14.8. The highest BCUT2D eigenvalue weighted by Crippen LogP contribution is 2.41. The van der Waals surface area contributed by atoms with Gasteiger partial charge < -0.3 is 14.5 Å². The lowest BCUT2D eigenvalue weighted by molar-refractivity contribution is -0.144. The molecular weight excluding hydrogens is 675 g/mol. The van der Waals surface area contributed by atoms with E-state index < -0.39 is 32.3 Å². The standard InChI is InChI=1S/C39H44F2N4O5S/c1-24(36(46)49-6)19-25-9-7-10-26(20-25)39(4)16-8-15-38(2,3)23-51(47,48)18-14-29-28-13-17-42-33(28)22-32(41)34(29)50-27-11-12-31(40)30(21-27)35-43-37(39)44-45(35)5/h7,9-13,17,20-22,24,42H,8,14-16,18-19,23H2,1-6H3/t24-,39?/m1/s1. The molecule has 2 atom stereocenters. The van der Waals surface area contributed by atoms with Crippen molar-refractivity contribution in [1.82, 2.24) is 19.7 Å². The molecule has 0 saturated carbocycles. The SMILES string of the molecule is COC(=O)[C@H](C)Cc1cccc(C2(C)CCCC(C)(C)CS(=O)(=O)CCc3c(c(F)cc4[nH]ccc34)Oc3ccc(F)c(c3)-c3nc2nn3C)c1. The van der Waals surface area contributed by atoms with E-state index in [1.807, 2.05) is 52.0 Å². The van der Waals surface area contributed by atoms with E-state index in [9.17, 15) is 13.2 Å². The first-order valence-corrected chi connectivity index (χ1v) is 19.0. The van der Waals surface area contributed by atoms with Crippen molar-refractivity contribution in [3.8, 4) is 22.9 Å². The summed E-state index contributed by atoms with van der Waals surface area (Å²) in [5, 5.41) is 5.48. The summed E-state index contributed by atoms with van der Waals surface area (Å²) in [5.41, 5.74) is 1.56. The largest absolute Gasteiger partial charge is 0.469 e. The smallest absolute Gasteiger partial charge is 0.308 e. The minimum Gasteiger partial charge on any atom is -0.469 e. The molecule has 1 aliphatic heterocycles. The third-order valence-corrected chi connectivity index (χ3v) is 12.1. The normalized spacial score (nSPS) is 19.7. The second-order valence-corrected chi connectivity index (χ2v) is 16.9. The third-order valence-electron chi connectivity index (χ3n) is 10.0. The number of nitrogens with zero attached hydrogens (tertiary/aromatic N) is 3. The fraction of sp³-hybridized carbons (Fsp3) is 0.410. The van der Waals surface area contributed by atoms with E-state index in [2.05, 4.69) is 4.98 Å². The molecule has 1 aliphatic rings. The van der Waals surface area contributed by atoms with Crippen LogP contribution < -0.4 is 4.74 Å². The molecule has 4 bridgehead atoms. The van der Waals surface area contributed by atoms with Crippen molar-refractivity contribution in [2.45, 2.75) is 65.2 Å². The van der Waals surface area contributed by atoms with Gasteiger partial charge in [0.05, 0.1) is 35.5 Å². The third kappa shape index (κ3) is 7.56. The predicted octanol–water partition coefficient (Wildman–Crippen LogP) is 7.86. The second kappa shape index (κ2) is 13.9. The lowest BCUT2D eigenvalue weighted by Crippen LogP contribution is -2.29. The zero-order chi connectivity index (χ0) is 36.7. The van der Waals surface area contributed by atoms with Crippen molar-refractivity contribution in [3.63, 3.8) is 0 Å². The van der Waals surface area contributed by atoms with Crippen molar-refractivity contribution in [3.05, 3.63) is 94.9 Å². The maximum Gasteiger partial charge on any atom is 0.308 e. The van der Waals surface area contributed by atoms with Crippen LogP contribution in [0.5, 0.6) is 11.5 Å². The zero-order valence-electron chi connectivity index (χ0n) is 29.8. The topological polar surface area (TPSA) is 116 Å². The van der Waals surface area contributed by atoms with Gasteiger partial charge in [0.25, 0.3) is 0 Å². The van der Waals surface area contributed by atoms with Gasteiger partial charge in [-0.05, 0) is 73.4 Å². The van der Waals surface area contributed by atoms with E-state index in [1.54, 1.807) is 19.3 Å². The van der Waals surface area contributed by atoms with Gasteiger partial charge in [0.2, 0.25) is 0 Å². The number of sulfone groups is 1. The van der Waals surface area contributed by atoms with Gasteiger partial charge >= 0.3 is 5.97 Å². The number of aryl methyl sites for hydroxylation is 2. The summed E-state index contributed by atoms with van der Waals surface area (Å²) in [6.45, 7) is 7.75. The summed E-state index contributed by atoms with van der Waals surface area (Å²) in [6.07, 6.45) is 3.98. The molecule has 270 valence electrons. The molecule has 0 saturated heterocycles. The molecule has 0 fully saturated rings. The summed E-state index contributed by atoms with van der Waals surface area (Å²) in [5.74, 6) is -1.34. The van der Waals surface area contributed by atoms with Crippen LogP contribution in [0.25, 0.3) is 22.3 Å². The van der Waals surface area contributed by atoms with Crippen LogP contribution in [0.2, 0.25) is 0 Å². The van der Waals surface area contributed by atoms with Crippen molar-refractivity contribution in [2.75, 3.05) is 18.6 Å². The number of ether oxygens (including phenoxy) is 2. The van der Waals surface area contributed by atoms with E-state index in [0.717, 1.165) is 11.1 Å². The molecule has 12 heteroatoms. The van der Waals surface area contributed by atoms with Crippen LogP contribution in [0.1, 0.15) is 69.5 Å². The maximum absolute atomic E-state index is 15.7. The molecule has 0 aliphatic carbocycles. The van der Waals surface area contributed by atoms with Crippen LogP contribution in [0.3, 0.4) is 0 Å². The molecule has 3 aromatic carbocycles. The zero-order valence-corrected chi connectivity index (χ0v) is 30.7. The number of rotatable bonds is 4. The number of benzene rings is 3. The van der Waals surface area contributed by atoms with Crippen LogP contribution in [0, 0.1) is 23.0 Å². The fourth-order valence-electron chi connectivity index (χ4n) is 7.27. The molecule has 2 aromatic heterocycles.